The second-order valence-electron chi connectivity index (χ2n) is 8.53. The number of rotatable bonds is 8. The van der Waals surface area contributed by atoms with Gasteiger partial charge in [0.2, 0.25) is 0 Å². The maximum Gasteiger partial charge on any atom is 0.250 e. The van der Waals surface area contributed by atoms with Gasteiger partial charge in [-0.15, -0.1) is 12.4 Å². The van der Waals surface area contributed by atoms with E-state index < -0.39 is 11.5 Å². The highest BCUT2D eigenvalue weighted by Crippen LogP contribution is 2.32. The van der Waals surface area contributed by atoms with E-state index >= 15 is 0 Å². The van der Waals surface area contributed by atoms with Gasteiger partial charge in [-0.1, -0.05) is 72.8 Å². The zero-order chi connectivity index (χ0) is 22.4. The molecule has 0 aliphatic carbocycles. The van der Waals surface area contributed by atoms with Gasteiger partial charge in [0.05, 0.1) is 11.2 Å². The van der Waals surface area contributed by atoms with E-state index in [-0.39, 0.29) is 12.4 Å². The molecule has 5 nitrogen and oxygen atoms in total. The van der Waals surface area contributed by atoms with Crippen LogP contribution in [0.5, 0.6) is 0 Å². The van der Waals surface area contributed by atoms with Crippen LogP contribution in [0.3, 0.4) is 0 Å². The third kappa shape index (κ3) is 6.14. The summed E-state index contributed by atoms with van der Waals surface area (Å²) < 4.78 is 0. The fraction of sp³-hybridized carbons (Fsp3) is 0.296. The van der Waals surface area contributed by atoms with E-state index in [4.69, 9.17) is 5.73 Å². The summed E-state index contributed by atoms with van der Waals surface area (Å²) >= 11 is 0. The molecule has 1 heterocycles. The molecule has 1 aliphatic rings. The van der Waals surface area contributed by atoms with Crippen molar-refractivity contribution in [1.29, 1.82) is 0 Å². The lowest BCUT2D eigenvalue weighted by Gasteiger charge is -2.39. The van der Waals surface area contributed by atoms with Gasteiger partial charge in [-0.3, -0.25) is 4.79 Å². The number of nitrogens with two attached hydrogens (primary N) is 1. The molecule has 174 valence electrons. The molecule has 0 radical (unpaired) electrons. The molecule has 1 amide bonds. The van der Waals surface area contributed by atoms with Crippen molar-refractivity contribution < 1.29 is 9.90 Å². The molecular formula is C27H32ClN3O2. The minimum Gasteiger partial charge on any atom is -0.385 e. The molecule has 0 unspecified atom stereocenters. The van der Waals surface area contributed by atoms with E-state index in [1.54, 1.807) is 6.07 Å². The van der Waals surface area contributed by atoms with Crippen LogP contribution in [0.1, 0.15) is 34.3 Å². The second-order valence-corrected chi connectivity index (χ2v) is 8.53. The van der Waals surface area contributed by atoms with Gasteiger partial charge >= 0.3 is 0 Å². The van der Waals surface area contributed by atoms with E-state index in [9.17, 15) is 9.90 Å². The largest absolute Gasteiger partial charge is 0.385 e. The van der Waals surface area contributed by atoms with Crippen LogP contribution in [0.4, 0.5) is 5.69 Å². The van der Waals surface area contributed by atoms with Gasteiger partial charge in [-0.2, -0.15) is 0 Å². The van der Waals surface area contributed by atoms with Crippen LogP contribution >= 0.6 is 12.4 Å². The number of hydrogen-bond acceptors (Lipinski definition) is 4. The number of likely N-dealkylation sites (tertiary alicyclic amines) is 1. The summed E-state index contributed by atoms with van der Waals surface area (Å²) in [6.07, 6.45) is 1.43. The summed E-state index contributed by atoms with van der Waals surface area (Å²) in [5.41, 5.74) is 8.51. The number of amides is 1. The number of aliphatic hydroxyl groups is 1. The Kier molecular flexibility index (Phi) is 8.50. The maximum atomic E-state index is 12.0. The Labute approximate surface area is 202 Å². The monoisotopic (exact) mass is 465 g/mol. The van der Waals surface area contributed by atoms with E-state index in [1.807, 2.05) is 66.7 Å². The number of piperidine rings is 1. The highest BCUT2D eigenvalue weighted by molar-refractivity contribution is 5.98. The number of anilines is 1. The SMILES string of the molecule is Cl.NC(=O)c1ccccc1N(CCN1CCC(O)(c2ccccc2)CC1)Cc1ccccc1. The van der Waals surface area contributed by atoms with Crippen molar-refractivity contribution in [3.8, 4) is 0 Å². The van der Waals surface area contributed by atoms with Crippen LogP contribution in [0.2, 0.25) is 0 Å². The zero-order valence-corrected chi connectivity index (χ0v) is 19.6. The van der Waals surface area contributed by atoms with Crippen molar-refractivity contribution in [2.45, 2.75) is 25.0 Å². The molecule has 0 bridgehead atoms. The Balaban J connectivity index is 0.00000306. The Bertz CT molecular complexity index is 1020. The van der Waals surface area contributed by atoms with Crippen LogP contribution in [0, 0.1) is 0 Å². The van der Waals surface area contributed by atoms with E-state index in [1.165, 1.54) is 5.56 Å². The molecule has 1 aliphatic heterocycles. The molecule has 1 saturated heterocycles. The number of benzene rings is 3. The highest BCUT2D eigenvalue weighted by atomic mass is 35.5. The fourth-order valence-corrected chi connectivity index (χ4v) is 4.49. The van der Waals surface area contributed by atoms with Crippen molar-refractivity contribution in [3.63, 3.8) is 0 Å². The van der Waals surface area contributed by atoms with Crippen LogP contribution < -0.4 is 10.6 Å². The van der Waals surface area contributed by atoms with Crippen LogP contribution in [0.15, 0.2) is 84.9 Å². The lowest BCUT2D eigenvalue weighted by molar-refractivity contribution is -0.0252. The molecule has 0 atom stereocenters. The molecule has 3 aromatic carbocycles. The van der Waals surface area contributed by atoms with E-state index in [0.29, 0.717) is 24.9 Å². The first-order chi connectivity index (χ1) is 15.5. The normalized spacial score (nSPS) is 15.4. The summed E-state index contributed by atoms with van der Waals surface area (Å²) in [6.45, 7) is 3.99. The molecule has 33 heavy (non-hydrogen) atoms. The average Bonchev–Trinajstić information content (AvgIpc) is 2.84. The number of nitrogens with zero attached hydrogens (tertiary/aromatic N) is 2. The number of carbonyl (C=O) groups excluding carboxylic acids is 1. The third-order valence-electron chi connectivity index (χ3n) is 6.41. The van der Waals surface area contributed by atoms with Gasteiger partial charge in [-0.05, 0) is 36.1 Å². The summed E-state index contributed by atoms with van der Waals surface area (Å²) in [6, 6.07) is 27.8. The predicted octanol–water partition coefficient (Wildman–Crippen LogP) is 4.20. The van der Waals surface area contributed by atoms with E-state index in [2.05, 4.69) is 21.9 Å². The van der Waals surface area contributed by atoms with Gasteiger partial charge in [-0.25, -0.2) is 0 Å². The number of halogens is 1. The Morgan fingerprint density at radius 1 is 0.909 bits per heavy atom. The molecule has 6 heteroatoms. The first kappa shape index (κ1) is 24.8. The highest BCUT2D eigenvalue weighted by Gasteiger charge is 2.33. The molecule has 4 rings (SSSR count). The smallest absolute Gasteiger partial charge is 0.250 e. The minimum atomic E-state index is -0.750. The average molecular weight is 466 g/mol. The molecule has 1 fully saturated rings. The molecule has 0 saturated carbocycles. The summed E-state index contributed by atoms with van der Waals surface area (Å²) in [5, 5.41) is 11.1. The molecule has 3 N–H and O–H groups in total. The number of carbonyl (C=O) groups is 1. The second kappa shape index (κ2) is 11.3. The van der Waals surface area contributed by atoms with Crippen LogP contribution in [-0.2, 0) is 12.1 Å². The minimum absolute atomic E-state index is 0. The van der Waals surface area contributed by atoms with Gasteiger partial charge in [0.15, 0.2) is 0 Å². The first-order valence-corrected chi connectivity index (χ1v) is 11.2. The lowest BCUT2D eigenvalue weighted by atomic mass is 9.84. The Morgan fingerprint density at radius 2 is 1.48 bits per heavy atom. The third-order valence-corrected chi connectivity index (χ3v) is 6.41. The molecule has 0 aromatic heterocycles. The van der Waals surface area contributed by atoms with Crippen molar-refractivity contribution in [3.05, 3.63) is 102 Å². The zero-order valence-electron chi connectivity index (χ0n) is 18.8. The van der Waals surface area contributed by atoms with Gasteiger partial charge in [0.1, 0.15) is 0 Å². The maximum absolute atomic E-state index is 12.0. The summed E-state index contributed by atoms with van der Waals surface area (Å²) in [5.74, 6) is -0.412. The van der Waals surface area contributed by atoms with Crippen LogP contribution in [0.25, 0.3) is 0 Å². The van der Waals surface area contributed by atoms with Crippen LogP contribution in [-0.4, -0.2) is 42.1 Å². The van der Waals surface area contributed by atoms with Crippen molar-refractivity contribution >= 4 is 24.0 Å². The van der Waals surface area contributed by atoms with Crippen molar-refractivity contribution in [1.82, 2.24) is 4.90 Å². The fourth-order valence-electron chi connectivity index (χ4n) is 4.49. The molecule has 3 aromatic rings. The molecular weight excluding hydrogens is 434 g/mol. The predicted molar refractivity (Wildman–Crippen MR) is 136 cm³/mol. The van der Waals surface area contributed by atoms with Gasteiger partial charge in [0, 0.05) is 38.4 Å². The van der Waals surface area contributed by atoms with E-state index in [0.717, 1.165) is 37.4 Å². The first-order valence-electron chi connectivity index (χ1n) is 11.2. The summed E-state index contributed by atoms with van der Waals surface area (Å²) in [7, 11) is 0. The lowest BCUT2D eigenvalue weighted by Crippen LogP contribution is -2.45. The topological polar surface area (TPSA) is 69.8 Å². The van der Waals surface area contributed by atoms with Gasteiger partial charge in [0.25, 0.3) is 5.91 Å². The standard InChI is InChI=1S/C27H31N3O2.ClH/c28-26(31)24-13-7-8-14-25(24)30(21-22-9-3-1-4-10-22)20-19-29-17-15-27(32,16-18-29)23-11-5-2-6-12-23;/h1-14,32H,15-21H2,(H2,28,31);1H. The van der Waals surface area contributed by atoms with Crippen molar-refractivity contribution in [2.24, 2.45) is 5.73 Å². The molecule has 0 spiro atoms. The number of primary amides is 1. The van der Waals surface area contributed by atoms with Crippen molar-refractivity contribution in [2.75, 3.05) is 31.1 Å². The summed E-state index contributed by atoms with van der Waals surface area (Å²) in [4.78, 5) is 16.7. The quantitative estimate of drug-likeness (QED) is 0.523. The Morgan fingerprint density at radius 3 is 2.12 bits per heavy atom. The number of para-hydroxylation sites is 1. The van der Waals surface area contributed by atoms with Gasteiger partial charge < -0.3 is 20.6 Å². The number of hydrogen-bond donors (Lipinski definition) is 2. The Hall–Kier alpha value is -2.86.